The van der Waals surface area contributed by atoms with Crippen molar-refractivity contribution in [3.63, 3.8) is 0 Å². The Bertz CT molecular complexity index is 331. The topological polar surface area (TPSA) is 20.2 Å². The molecule has 12 heavy (non-hydrogen) atoms. The van der Waals surface area contributed by atoms with Gasteiger partial charge in [0.1, 0.15) is 5.75 Å². The standard InChI is InChI=1S/C11H10O/c12-11-7-5-10(6-8-11)9-3-1-2-4-9/h1-3,5-8,12H,4H2. The van der Waals surface area contributed by atoms with Crippen molar-refractivity contribution < 1.29 is 5.11 Å². The Labute approximate surface area is 71.7 Å². The van der Waals surface area contributed by atoms with Crippen molar-refractivity contribution in [3.05, 3.63) is 48.1 Å². The third-order valence-electron chi connectivity index (χ3n) is 2.01. The fourth-order valence-corrected chi connectivity index (χ4v) is 1.34. The summed E-state index contributed by atoms with van der Waals surface area (Å²) < 4.78 is 0. The van der Waals surface area contributed by atoms with E-state index < -0.39 is 0 Å². The number of allylic oxidation sites excluding steroid dienone is 4. The van der Waals surface area contributed by atoms with Gasteiger partial charge in [0.05, 0.1) is 0 Å². The molecule has 2 rings (SSSR count). The van der Waals surface area contributed by atoms with Crippen molar-refractivity contribution in [2.45, 2.75) is 6.42 Å². The lowest BCUT2D eigenvalue weighted by Crippen LogP contribution is -1.78. The molecule has 0 unspecified atom stereocenters. The van der Waals surface area contributed by atoms with Crippen LogP contribution in [0.3, 0.4) is 0 Å². The van der Waals surface area contributed by atoms with Gasteiger partial charge in [-0.05, 0) is 29.7 Å². The van der Waals surface area contributed by atoms with Crippen LogP contribution in [0.25, 0.3) is 5.57 Å². The van der Waals surface area contributed by atoms with Gasteiger partial charge in [-0.2, -0.15) is 0 Å². The van der Waals surface area contributed by atoms with Gasteiger partial charge in [0, 0.05) is 0 Å². The van der Waals surface area contributed by atoms with E-state index in [0.717, 1.165) is 6.42 Å². The molecule has 1 heteroatoms. The van der Waals surface area contributed by atoms with Gasteiger partial charge in [0.2, 0.25) is 0 Å². The molecule has 0 saturated carbocycles. The molecule has 0 atom stereocenters. The van der Waals surface area contributed by atoms with Crippen LogP contribution in [0.2, 0.25) is 0 Å². The number of rotatable bonds is 1. The minimum absolute atomic E-state index is 0.324. The molecule has 0 heterocycles. The van der Waals surface area contributed by atoms with Crippen molar-refractivity contribution >= 4 is 5.57 Å². The molecule has 0 radical (unpaired) electrons. The molecule has 1 N–H and O–H groups in total. The van der Waals surface area contributed by atoms with Crippen LogP contribution in [0.4, 0.5) is 0 Å². The van der Waals surface area contributed by atoms with Crippen LogP contribution < -0.4 is 0 Å². The van der Waals surface area contributed by atoms with E-state index in [1.165, 1.54) is 11.1 Å². The third-order valence-corrected chi connectivity index (χ3v) is 2.01. The lowest BCUT2D eigenvalue weighted by Gasteiger charge is -2.00. The second-order valence-corrected chi connectivity index (χ2v) is 2.87. The molecule has 0 spiro atoms. The van der Waals surface area contributed by atoms with Crippen LogP contribution in [0.5, 0.6) is 5.75 Å². The summed E-state index contributed by atoms with van der Waals surface area (Å²) in [5.74, 6) is 0.324. The Morgan fingerprint density at radius 3 is 2.42 bits per heavy atom. The molecule has 1 aromatic rings. The first kappa shape index (κ1) is 7.17. The summed E-state index contributed by atoms with van der Waals surface area (Å²) in [4.78, 5) is 0. The first-order valence-electron chi connectivity index (χ1n) is 4.01. The molecule has 0 bridgehead atoms. The molecular weight excluding hydrogens is 148 g/mol. The van der Waals surface area contributed by atoms with E-state index in [1.807, 2.05) is 12.1 Å². The molecule has 1 aromatic carbocycles. The fourth-order valence-electron chi connectivity index (χ4n) is 1.34. The predicted octanol–water partition coefficient (Wildman–Crippen LogP) is 2.74. The van der Waals surface area contributed by atoms with Crippen molar-refractivity contribution in [1.82, 2.24) is 0 Å². The van der Waals surface area contributed by atoms with Crippen LogP contribution in [0.15, 0.2) is 42.5 Å². The average molecular weight is 158 g/mol. The number of aromatic hydroxyl groups is 1. The van der Waals surface area contributed by atoms with Crippen LogP contribution in [0.1, 0.15) is 12.0 Å². The smallest absolute Gasteiger partial charge is 0.115 e. The summed E-state index contributed by atoms with van der Waals surface area (Å²) in [5.41, 5.74) is 2.51. The van der Waals surface area contributed by atoms with Crippen molar-refractivity contribution in [3.8, 4) is 5.75 Å². The number of phenolic OH excluding ortho intramolecular Hbond substituents is 1. The summed E-state index contributed by atoms with van der Waals surface area (Å²) in [6.07, 6.45) is 7.29. The second kappa shape index (κ2) is 2.86. The molecule has 1 nitrogen and oxygen atoms in total. The Morgan fingerprint density at radius 1 is 1.08 bits per heavy atom. The lowest BCUT2D eigenvalue weighted by molar-refractivity contribution is 0.475. The average Bonchev–Trinajstić information content (AvgIpc) is 2.58. The van der Waals surface area contributed by atoms with Crippen molar-refractivity contribution in [2.24, 2.45) is 0 Å². The molecular formula is C11H10O. The monoisotopic (exact) mass is 158 g/mol. The summed E-state index contributed by atoms with van der Waals surface area (Å²) in [6, 6.07) is 7.31. The maximum atomic E-state index is 9.06. The fraction of sp³-hybridized carbons (Fsp3) is 0.0909. The highest BCUT2D eigenvalue weighted by atomic mass is 16.3. The van der Waals surface area contributed by atoms with Gasteiger partial charge in [-0.25, -0.2) is 0 Å². The first-order chi connectivity index (χ1) is 5.86. The zero-order valence-electron chi connectivity index (χ0n) is 6.70. The maximum absolute atomic E-state index is 9.06. The summed E-state index contributed by atoms with van der Waals surface area (Å²) in [5, 5.41) is 9.06. The predicted molar refractivity (Wildman–Crippen MR) is 49.8 cm³/mol. The van der Waals surface area contributed by atoms with E-state index in [4.69, 9.17) is 5.11 Å². The number of benzene rings is 1. The van der Waals surface area contributed by atoms with E-state index in [2.05, 4.69) is 18.2 Å². The number of hydrogen-bond donors (Lipinski definition) is 1. The van der Waals surface area contributed by atoms with E-state index in [0.29, 0.717) is 5.75 Å². The Hall–Kier alpha value is -1.50. The van der Waals surface area contributed by atoms with Gasteiger partial charge in [0.25, 0.3) is 0 Å². The van der Waals surface area contributed by atoms with E-state index in [-0.39, 0.29) is 0 Å². The Morgan fingerprint density at radius 2 is 1.83 bits per heavy atom. The quantitative estimate of drug-likeness (QED) is 0.666. The third kappa shape index (κ3) is 1.26. The van der Waals surface area contributed by atoms with Crippen molar-refractivity contribution in [1.29, 1.82) is 0 Å². The molecule has 60 valence electrons. The second-order valence-electron chi connectivity index (χ2n) is 2.87. The van der Waals surface area contributed by atoms with Gasteiger partial charge in [0.15, 0.2) is 0 Å². The van der Waals surface area contributed by atoms with Crippen LogP contribution >= 0.6 is 0 Å². The molecule has 0 aromatic heterocycles. The van der Waals surface area contributed by atoms with Gasteiger partial charge in [-0.15, -0.1) is 0 Å². The summed E-state index contributed by atoms with van der Waals surface area (Å²) in [6.45, 7) is 0. The minimum Gasteiger partial charge on any atom is -0.508 e. The highest BCUT2D eigenvalue weighted by Gasteiger charge is 2.01. The highest BCUT2D eigenvalue weighted by Crippen LogP contribution is 2.24. The normalized spacial score (nSPS) is 14.8. The Kier molecular flexibility index (Phi) is 1.71. The number of hydrogen-bond acceptors (Lipinski definition) is 1. The zero-order chi connectivity index (χ0) is 8.39. The largest absolute Gasteiger partial charge is 0.508 e. The van der Waals surface area contributed by atoms with E-state index in [9.17, 15) is 0 Å². The van der Waals surface area contributed by atoms with Crippen LogP contribution in [-0.4, -0.2) is 5.11 Å². The number of phenols is 1. The maximum Gasteiger partial charge on any atom is 0.115 e. The van der Waals surface area contributed by atoms with Gasteiger partial charge < -0.3 is 5.11 Å². The van der Waals surface area contributed by atoms with Crippen LogP contribution in [-0.2, 0) is 0 Å². The molecule has 1 aliphatic rings. The van der Waals surface area contributed by atoms with Crippen molar-refractivity contribution in [2.75, 3.05) is 0 Å². The van der Waals surface area contributed by atoms with E-state index in [1.54, 1.807) is 12.1 Å². The minimum atomic E-state index is 0.324. The SMILES string of the molecule is Oc1ccc(C2=CC=CC2)cc1. The molecule has 0 saturated heterocycles. The molecule has 0 aliphatic heterocycles. The van der Waals surface area contributed by atoms with E-state index >= 15 is 0 Å². The molecule has 0 amide bonds. The molecule has 1 aliphatic carbocycles. The Balaban J connectivity index is 2.30. The first-order valence-corrected chi connectivity index (χ1v) is 4.01. The highest BCUT2D eigenvalue weighted by molar-refractivity contribution is 5.70. The van der Waals surface area contributed by atoms with Gasteiger partial charge in [-0.3, -0.25) is 0 Å². The summed E-state index contributed by atoms with van der Waals surface area (Å²) >= 11 is 0. The molecule has 0 fully saturated rings. The summed E-state index contributed by atoms with van der Waals surface area (Å²) in [7, 11) is 0. The lowest BCUT2D eigenvalue weighted by atomic mass is 10.1. The zero-order valence-corrected chi connectivity index (χ0v) is 6.70. The van der Waals surface area contributed by atoms with Gasteiger partial charge in [-0.1, -0.05) is 30.4 Å². The van der Waals surface area contributed by atoms with Gasteiger partial charge >= 0.3 is 0 Å². The van der Waals surface area contributed by atoms with Crippen LogP contribution in [0, 0.1) is 0 Å².